The smallest absolute Gasteiger partial charge is 0.179 e. The summed E-state index contributed by atoms with van der Waals surface area (Å²) >= 11 is 8.25. The molecule has 0 unspecified atom stereocenters. The summed E-state index contributed by atoms with van der Waals surface area (Å²) in [6, 6.07) is 3.84. The summed E-state index contributed by atoms with van der Waals surface area (Å²) in [6.45, 7) is 0. The normalized spacial score (nSPS) is 14.9. The van der Waals surface area contributed by atoms with E-state index in [2.05, 4.69) is 27.6 Å². The van der Waals surface area contributed by atoms with E-state index in [1.54, 1.807) is 0 Å². The van der Waals surface area contributed by atoms with Crippen molar-refractivity contribution in [1.29, 1.82) is 0 Å². The summed E-state index contributed by atoms with van der Waals surface area (Å²) < 4.78 is 1.07. The summed E-state index contributed by atoms with van der Waals surface area (Å²) in [4.78, 5) is 14.8. The molecule has 0 saturated heterocycles. The number of benzene rings is 1. The third kappa shape index (κ3) is 1.33. The molecule has 15 heavy (non-hydrogen) atoms. The van der Waals surface area contributed by atoms with E-state index in [9.17, 15) is 4.79 Å². The Kier molecular flexibility index (Phi) is 2.07. The van der Waals surface area contributed by atoms with Crippen LogP contribution in [-0.4, -0.2) is 10.8 Å². The first-order valence-corrected chi connectivity index (χ1v) is 6.15. The summed E-state index contributed by atoms with van der Waals surface area (Å²) in [5.74, 6) is 0.216. The highest BCUT2D eigenvalue weighted by Crippen LogP contribution is 2.34. The summed E-state index contributed by atoms with van der Waals surface area (Å²) in [7, 11) is 0. The van der Waals surface area contributed by atoms with Crippen LogP contribution >= 0.6 is 34.2 Å². The number of aromatic amines is 1. The van der Waals surface area contributed by atoms with Crippen LogP contribution in [-0.2, 0) is 6.42 Å². The minimum Gasteiger partial charge on any atom is -0.351 e. The van der Waals surface area contributed by atoms with Crippen LogP contribution in [0.1, 0.15) is 22.5 Å². The van der Waals surface area contributed by atoms with Crippen molar-refractivity contribution in [1.82, 2.24) is 4.98 Å². The zero-order valence-electron chi connectivity index (χ0n) is 7.73. The molecule has 1 N–H and O–H groups in total. The summed E-state index contributed by atoms with van der Waals surface area (Å²) in [5.41, 5.74) is 2.96. The lowest BCUT2D eigenvalue weighted by Gasteiger charge is -1.98. The lowest BCUT2D eigenvalue weighted by atomic mass is 10.1. The average Bonchev–Trinajstić information content (AvgIpc) is 2.68. The van der Waals surface area contributed by atoms with Gasteiger partial charge in [0.25, 0.3) is 0 Å². The van der Waals surface area contributed by atoms with Crippen molar-refractivity contribution < 1.29 is 4.79 Å². The molecule has 1 aliphatic rings. The van der Waals surface area contributed by atoms with Crippen LogP contribution in [0.15, 0.2) is 12.1 Å². The molecule has 0 bridgehead atoms. The van der Waals surface area contributed by atoms with Crippen LogP contribution in [0.5, 0.6) is 0 Å². The van der Waals surface area contributed by atoms with Crippen molar-refractivity contribution in [2.75, 3.05) is 0 Å². The number of carbonyl (C=O) groups excluding carboxylic acids is 1. The molecule has 0 atom stereocenters. The van der Waals surface area contributed by atoms with E-state index in [1.165, 1.54) is 0 Å². The number of fused-ring (bicyclic) bond motifs is 3. The number of H-pyrrole nitrogens is 1. The first-order chi connectivity index (χ1) is 7.16. The highest BCUT2D eigenvalue weighted by atomic mass is 127. The molecule has 1 aliphatic carbocycles. The second-order valence-electron chi connectivity index (χ2n) is 3.71. The lowest BCUT2D eigenvalue weighted by molar-refractivity contribution is 0.0991. The number of hydrogen-bond donors (Lipinski definition) is 1. The van der Waals surface area contributed by atoms with Crippen LogP contribution in [0.2, 0.25) is 5.02 Å². The van der Waals surface area contributed by atoms with Gasteiger partial charge in [-0.05, 0) is 46.7 Å². The van der Waals surface area contributed by atoms with Crippen molar-refractivity contribution in [3.8, 4) is 0 Å². The maximum atomic E-state index is 11.6. The van der Waals surface area contributed by atoms with Gasteiger partial charge in [0, 0.05) is 20.4 Å². The maximum absolute atomic E-state index is 11.6. The van der Waals surface area contributed by atoms with Crippen molar-refractivity contribution in [3.05, 3.63) is 32.0 Å². The Hall–Kier alpha value is -0.550. The third-order valence-electron chi connectivity index (χ3n) is 2.81. The van der Waals surface area contributed by atoms with Crippen LogP contribution in [0.25, 0.3) is 10.9 Å². The van der Waals surface area contributed by atoms with Gasteiger partial charge in [0.2, 0.25) is 0 Å². The number of rotatable bonds is 0. The highest BCUT2D eigenvalue weighted by Gasteiger charge is 2.24. The van der Waals surface area contributed by atoms with Gasteiger partial charge in [-0.25, -0.2) is 0 Å². The molecule has 0 saturated carbocycles. The van der Waals surface area contributed by atoms with Gasteiger partial charge in [-0.15, -0.1) is 0 Å². The second-order valence-corrected chi connectivity index (χ2v) is 5.31. The highest BCUT2D eigenvalue weighted by molar-refractivity contribution is 14.1. The molecule has 0 radical (unpaired) electrons. The third-order valence-corrected chi connectivity index (χ3v) is 3.88. The van der Waals surface area contributed by atoms with Crippen LogP contribution in [0.4, 0.5) is 0 Å². The molecule has 0 aliphatic heterocycles. The maximum Gasteiger partial charge on any atom is 0.179 e. The SMILES string of the molecule is O=C1CCc2c1[nH]c1c(I)cc(Cl)cc21. The van der Waals surface area contributed by atoms with Crippen LogP contribution < -0.4 is 0 Å². The molecule has 1 heterocycles. The van der Waals surface area contributed by atoms with Gasteiger partial charge in [-0.2, -0.15) is 0 Å². The summed E-state index contributed by atoms with van der Waals surface area (Å²) in [6.07, 6.45) is 1.46. The quantitative estimate of drug-likeness (QED) is 0.736. The number of hydrogen-bond acceptors (Lipinski definition) is 1. The Morgan fingerprint density at radius 1 is 1.33 bits per heavy atom. The fraction of sp³-hybridized carbons (Fsp3) is 0.182. The molecule has 3 rings (SSSR count). The molecule has 2 aromatic rings. The zero-order valence-corrected chi connectivity index (χ0v) is 10.6. The Morgan fingerprint density at radius 3 is 2.93 bits per heavy atom. The number of ketones is 1. The van der Waals surface area contributed by atoms with Gasteiger partial charge in [-0.1, -0.05) is 11.6 Å². The Labute approximate surface area is 105 Å². The monoisotopic (exact) mass is 331 g/mol. The predicted octanol–water partition coefficient (Wildman–Crippen LogP) is 3.55. The second kappa shape index (κ2) is 3.22. The van der Waals surface area contributed by atoms with E-state index in [0.717, 1.165) is 37.2 Å². The lowest BCUT2D eigenvalue weighted by Crippen LogP contribution is -1.91. The van der Waals surface area contributed by atoms with E-state index in [-0.39, 0.29) is 5.78 Å². The van der Waals surface area contributed by atoms with E-state index in [1.807, 2.05) is 12.1 Å². The number of aromatic nitrogens is 1. The number of Topliss-reactive ketones (excluding diaryl/α,β-unsaturated/α-hetero) is 1. The Balaban J connectivity index is 2.44. The first kappa shape index (κ1) is 9.66. The predicted molar refractivity (Wildman–Crippen MR) is 68.7 cm³/mol. The minimum atomic E-state index is 0.216. The largest absolute Gasteiger partial charge is 0.351 e. The van der Waals surface area contributed by atoms with Gasteiger partial charge < -0.3 is 4.98 Å². The fourth-order valence-electron chi connectivity index (χ4n) is 2.13. The first-order valence-electron chi connectivity index (χ1n) is 4.69. The molecule has 1 aromatic heterocycles. The fourth-order valence-corrected chi connectivity index (χ4v) is 3.30. The average molecular weight is 332 g/mol. The molecule has 0 amide bonds. The molecule has 0 spiro atoms. The van der Waals surface area contributed by atoms with E-state index >= 15 is 0 Å². The molecular weight excluding hydrogens is 324 g/mol. The topological polar surface area (TPSA) is 32.9 Å². The van der Waals surface area contributed by atoms with E-state index in [0.29, 0.717) is 6.42 Å². The Bertz CT molecular complexity index is 588. The molecule has 2 nitrogen and oxygen atoms in total. The van der Waals surface area contributed by atoms with Crippen molar-refractivity contribution in [2.24, 2.45) is 0 Å². The van der Waals surface area contributed by atoms with Gasteiger partial charge >= 0.3 is 0 Å². The molecular formula is C11H7ClINO. The minimum absolute atomic E-state index is 0.216. The van der Waals surface area contributed by atoms with E-state index in [4.69, 9.17) is 11.6 Å². The van der Waals surface area contributed by atoms with Gasteiger partial charge in [0.05, 0.1) is 11.2 Å². The zero-order chi connectivity index (χ0) is 10.6. The molecule has 0 fully saturated rings. The molecule has 76 valence electrons. The number of halogens is 2. The summed E-state index contributed by atoms with van der Waals surface area (Å²) in [5, 5.41) is 1.83. The standard InChI is InChI=1S/C11H7ClINO/c12-5-3-7-6-1-2-9(15)11(6)14-10(7)8(13)4-5/h3-4,14H,1-2H2. The van der Waals surface area contributed by atoms with Gasteiger partial charge in [0.1, 0.15) is 0 Å². The van der Waals surface area contributed by atoms with Crippen molar-refractivity contribution >= 4 is 50.9 Å². The van der Waals surface area contributed by atoms with Gasteiger partial charge in [-0.3, -0.25) is 4.79 Å². The van der Waals surface area contributed by atoms with Crippen molar-refractivity contribution in [2.45, 2.75) is 12.8 Å². The van der Waals surface area contributed by atoms with E-state index < -0.39 is 0 Å². The van der Waals surface area contributed by atoms with Crippen LogP contribution in [0.3, 0.4) is 0 Å². The van der Waals surface area contributed by atoms with Gasteiger partial charge in [0.15, 0.2) is 5.78 Å². The number of carbonyl (C=O) groups is 1. The Morgan fingerprint density at radius 2 is 2.13 bits per heavy atom. The molecule has 4 heteroatoms. The van der Waals surface area contributed by atoms with Crippen molar-refractivity contribution in [3.63, 3.8) is 0 Å². The van der Waals surface area contributed by atoms with Crippen LogP contribution in [0, 0.1) is 3.57 Å². The molecule has 1 aromatic carbocycles. The number of nitrogens with one attached hydrogen (secondary N) is 1. The number of aryl methyl sites for hydroxylation is 1.